The van der Waals surface area contributed by atoms with Crippen LogP contribution in [0.25, 0.3) is 20.3 Å². The third-order valence-electron chi connectivity index (χ3n) is 3.80. The Labute approximate surface area is 138 Å². The summed E-state index contributed by atoms with van der Waals surface area (Å²) in [5.74, 6) is 1.10. The zero-order valence-electron chi connectivity index (χ0n) is 13.6. The van der Waals surface area contributed by atoms with E-state index in [0.717, 1.165) is 23.4 Å². The molecule has 5 heteroatoms. The minimum absolute atomic E-state index is 0.195. The molecule has 0 aliphatic carbocycles. The molecule has 1 aromatic carbocycles. The average Bonchev–Trinajstić information content (AvgIpc) is 2.51. The van der Waals surface area contributed by atoms with Gasteiger partial charge in [-0.05, 0) is 24.5 Å². The Balaban J connectivity index is 2.43. The number of aryl methyl sites for hydroxylation is 1. The molecule has 2 heterocycles. The molecule has 0 saturated carbocycles. The molecular formula is C18H20N2O2S. The van der Waals surface area contributed by atoms with Crippen LogP contribution in [-0.2, 0) is 13.0 Å². The summed E-state index contributed by atoms with van der Waals surface area (Å²) in [5.41, 5.74) is -0.397. The first-order valence-electron chi connectivity index (χ1n) is 7.98. The van der Waals surface area contributed by atoms with Crippen LogP contribution in [-0.4, -0.2) is 9.55 Å². The molecular weight excluding hydrogens is 308 g/mol. The SMILES string of the molecule is CCCc1nc2sc3ccccc3c(=O)c2c(=O)n1CC(C)C. The van der Waals surface area contributed by atoms with Gasteiger partial charge in [0.25, 0.3) is 5.56 Å². The predicted molar refractivity (Wildman–Crippen MR) is 96.5 cm³/mol. The molecule has 0 saturated heterocycles. The van der Waals surface area contributed by atoms with Crippen molar-refractivity contribution < 1.29 is 0 Å². The van der Waals surface area contributed by atoms with Crippen LogP contribution in [0.1, 0.15) is 33.0 Å². The number of hydrogen-bond donors (Lipinski definition) is 0. The van der Waals surface area contributed by atoms with Crippen LogP contribution in [0.15, 0.2) is 33.9 Å². The lowest BCUT2D eigenvalue weighted by Gasteiger charge is -2.14. The lowest BCUT2D eigenvalue weighted by Crippen LogP contribution is -2.30. The summed E-state index contributed by atoms with van der Waals surface area (Å²) in [5, 5.41) is 0.831. The third-order valence-corrected chi connectivity index (χ3v) is 4.87. The fourth-order valence-corrected chi connectivity index (χ4v) is 3.85. The lowest BCUT2D eigenvalue weighted by molar-refractivity contribution is 0.488. The van der Waals surface area contributed by atoms with Gasteiger partial charge in [-0.1, -0.05) is 32.9 Å². The maximum absolute atomic E-state index is 13.0. The molecule has 0 aliphatic heterocycles. The molecule has 0 unspecified atom stereocenters. The zero-order chi connectivity index (χ0) is 16.6. The minimum atomic E-state index is -0.201. The zero-order valence-corrected chi connectivity index (χ0v) is 14.4. The number of hydrogen-bond acceptors (Lipinski definition) is 4. The van der Waals surface area contributed by atoms with Crippen molar-refractivity contribution in [3.8, 4) is 0 Å². The summed E-state index contributed by atoms with van der Waals surface area (Å²) in [4.78, 5) is 31.0. The second kappa shape index (κ2) is 6.24. The molecule has 0 fully saturated rings. The molecule has 0 radical (unpaired) electrons. The van der Waals surface area contributed by atoms with E-state index in [4.69, 9.17) is 0 Å². The van der Waals surface area contributed by atoms with Crippen molar-refractivity contribution in [3.63, 3.8) is 0 Å². The number of aromatic nitrogens is 2. The van der Waals surface area contributed by atoms with Crippen LogP contribution in [0.5, 0.6) is 0 Å². The van der Waals surface area contributed by atoms with Gasteiger partial charge in [-0.2, -0.15) is 0 Å². The second-order valence-electron chi connectivity index (χ2n) is 6.20. The van der Waals surface area contributed by atoms with E-state index < -0.39 is 0 Å². The molecule has 2 aromatic heterocycles. The molecule has 4 nitrogen and oxygen atoms in total. The van der Waals surface area contributed by atoms with E-state index >= 15 is 0 Å². The molecule has 120 valence electrons. The Hall–Kier alpha value is -2.01. The quantitative estimate of drug-likeness (QED) is 0.688. The third kappa shape index (κ3) is 2.81. The Bertz CT molecular complexity index is 986. The van der Waals surface area contributed by atoms with Crippen molar-refractivity contribution in [2.45, 2.75) is 40.2 Å². The first-order chi connectivity index (χ1) is 11.0. The Morgan fingerprint density at radius 3 is 2.65 bits per heavy atom. The van der Waals surface area contributed by atoms with E-state index in [-0.39, 0.29) is 16.4 Å². The summed E-state index contributed by atoms with van der Waals surface area (Å²) >= 11 is 1.42. The van der Waals surface area contributed by atoms with Crippen molar-refractivity contribution in [2.75, 3.05) is 0 Å². The van der Waals surface area contributed by atoms with Crippen LogP contribution in [0.3, 0.4) is 0 Å². The highest BCUT2D eigenvalue weighted by Gasteiger charge is 2.16. The summed E-state index contributed by atoms with van der Waals surface area (Å²) in [6.07, 6.45) is 1.66. The molecule has 3 rings (SSSR count). The van der Waals surface area contributed by atoms with Crippen molar-refractivity contribution in [2.24, 2.45) is 5.92 Å². The molecule has 0 bridgehead atoms. The van der Waals surface area contributed by atoms with Gasteiger partial charge in [0.05, 0.1) is 0 Å². The lowest BCUT2D eigenvalue weighted by atomic mass is 10.2. The van der Waals surface area contributed by atoms with Gasteiger partial charge in [0, 0.05) is 23.1 Å². The number of rotatable bonds is 4. The fourth-order valence-electron chi connectivity index (χ4n) is 2.80. The van der Waals surface area contributed by atoms with Crippen molar-refractivity contribution in [3.05, 3.63) is 50.7 Å². The second-order valence-corrected chi connectivity index (χ2v) is 7.23. The van der Waals surface area contributed by atoms with Gasteiger partial charge in [0.2, 0.25) is 5.43 Å². The number of fused-ring (bicyclic) bond motifs is 2. The predicted octanol–water partition coefficient (Wildman–Crippen LogP) is 3.58. The topological polar surface area (TPSA) is 52.0 Å². The molecule has 0 spiro atoms. The van der Waals surface area contributed by atoms with E-state index in [2.05, 4.69) is 25.8 Å². The summed E-state index contributed by atoms with van der Waals surface area (Å²) in [6, 6.07) is 7.41. The minimum Gasteiger partial charge on any atom is -0.296 e. The van der Waals surface area contributed by atoms with Crippen LogP contribution in [0.4, 0.5) is 0 Å². The molecule has 0 amide bonds. The van der Waals surface area contributed by atoms with Gasteiger partial charge in [0.1, 0.15) is 16.0 Å². The van der Waals surface area contributed by atoms with E-state index in [1.807, 2.05) is 18.2 Å². The van der Waals surface area contributed by atoms with Crippen LogP contribution >= 0.6 is 11.3 Å². The highest BCUT2D eigenvalue weighted by molar-refractivity contribution is 7.24. The maximum atomic E-state index is 13.0. The van der Waals surface area contributed by atoms with Gasteiger partial charge in [-0.3, -0.25) is 14.2 Å². The monoisotopic (exact) mass is 328 g/mol. The Kier molecular flexibility index (Phi) is 4.31. The molecule has 3 aromatic rings. The largest absolute Gasteiger partial charge is 0.296 e. The highest BCUT2D eigenvalue weighted by atomic mass is 32.1. The fraction of sp³-hybridized carbons (Fsp3) is 0.389. The molecule has 0 aliphatic rings. The van der Waals surface area contributed by atoms with Crippen molar-refractivity contribution in [1.29, 1.82) is 0 Å². The Morgan fingerprint density at radius 1 is 1.22 bits per heavy atom. The first-order valence-corrected chi connectivity index (χ1v) is 8.79. The van der Waals surface area contributed by atoms with Gasteiger partial charge in [-0.25, -0.2) is 4.98 Å². The van der Waals surface area contributed by atoms with Crippen molar-refractivity contribution in [1.82, 2.24) is 9.55 Å². The maximum Gasteiger partial charge on any atom is 0.266 e. The van der Waals surface area contributed by atoms with Gasteiger partial charge in [0.15, 0.2) is 0 Å². The summed E-state index contributed by atoms with van der Waals surface area (Å²) in [6.45, 7) is 6.79. The Morgan fingerprint density at radius 2 is 1.96 bits per heavy atom. The average molecular weight is 328 g/mol. The molecule has 0 N–H and O–H groups in total. The standard InChI is InChI=1S/C18H20N2O2S/c1-4-7-14-19-17-15(18(22)20(14)10-11(2)3)16(21)12-8-5-6-9-13(12)23-17/h5-6,8-9,11H,4,7,10H2,1-3H3. The summed E-state index contributed by atoms with van der Waals surface area (Å²) < 4.78 is 2.57. The molecule has 23 heavy (non-hydrogen) atoms. The number of nitrogens with zero attached hydrogens (tertiary/aromatic N) is 2. The van der Waals surface area contributed by atoms with Gasteiger partial charge in [-0.15, -0.1) is 11.3 Å². The van der Waals surface area contributed by atoms with E-state index in [0.29, 0.717) is 22.7 Å². The molecule has 0 atom stereocenters. The normalized spacial score (nSPS) is 11.7. The summed E-state index contributed by atoms with van der Waals surface area (Å²) in [7, 11) is 0. The van der Waals surface area contributed by atoms with Crippen LogP contribution in [0, 0.1) is 5.92 Å². The van der Waals surface area contributed by atoms with E-state index in [9.17, 15) is 9.59 Å². The van der Waals surface area contributed by atoms with E-state index in [1.165, 1.54) is 11.3 Å². The van der Waals surface area contributed by atoms with E-state index in [1.54, 1.807) is 10.6 Å². The van der Waals surface area contributed by atoms with Crippen molar-refractivity contribution >= 4 is 31.6 Å². The van der Waals surface area contributed by atoms with Gasteiger partial charge >= 0.3 is 0 Å². The van der Waals surface area contributed by atoms with Crippen LogP contribution in [0.2, 0.25) is 0 Å². The smallest absolute Gasteiger partial charge is 0.266 e. The van der Waals surface area contributed by atoms with Crippen LogP contribution < -0.4 is 11.0 Å². The highest BCUT2D eigenvalue weighted by Crippen LogP contribution is 2.22. The first kappa shape index (κ1) is 15.9. The van der Waals surface area contributed by atoms with Gasteiger partial charge < -0.3 is 0 Å². The number of benzene rings is 1.